The minimum absolute atomic E-state index is 0.0407. The smallest absolute Gasteiger partial charge is 0.410 e. The van der Waals surface area contributed by atoms with Gasteiger partial charge in [-0.2, -0.15) is 0 Å². The fourth-order valence-electron chi connectivity index (χ4n) is 2.77. The summed E-state index contributed by atoms with van der Waals surface area (Å²) in [6.07, 6.45) is 3.59. The first-order chi connectivity index (χ1) is 8.90. The van der Waals surface area contributed by atoms with Gasteiger partial charge >= 0.3 is 6.09 Å². The molecule has 19 heavy (non-hydrogen) atoms. The number of fused-ring (bicyclic) bond motifs is 2. The second kappa shape index (κ2) is 3.96. The Hall–Kier alpha value is -1.56. The van der Waals surface area contributed by atoms with E-state index in [9.17, 15) is 4.79 Å². The minimum atomic E-state index is -0.440. The van der Waals surface area contributed by atoms with E-state index in [1.54, 1.807) is 4.90 Å². The zero-order valence-electron chi connectivity index (χ0n) is 11.6. The summed E-state index contributed by atoms with van der Waals surface area (Å²) in [6.45, 7) is 8.68. The lowest BCUT2D eigenvalue weighted by Crippen LogP contribution is -2.69. The zero-order valence-corrected chi connectivity index (χ0v) is 11.6. The van der Waals surface area contributed by atoms with Crippen LogP contribution in [0.5, 0.6) is 0 Å². The third-order valence-electron chi connectivity index (χ3n) is 3.59. The van der Waals surface area contributed by atoms with Crippen LogP contribution in [0.3, 0.4) is 0 Å². The average molecular weight is 264 g/mol. The van der Waals surface area contributed by atoms with E-state index in [0.717, 1.165) is 18.9 Å². The van der Waals surface area contributed by atoms with Crippen molar-refractivity contribution in [1.82, 2.24) is 19.8 Å². The van der Waals surface area contributed by atoms with Crippen LogP contribution in [0.1, 0.15) is 26.6 Å². The second-order valence-corrected chi connectivity index (χ2v) is 6.38. The number of amides is 1. The van der Waals surface area contributed by atoms with Crippen molar-refractivity contribution in [3.8, 4) is 0 Å². The van der Waals surface area contributed by atoms with E-state index in [1.165, 1.54) is 0 Å². The van der Waals surface area contributed by atoms with E-state index in [0.29, 0.717) is 13.1 Å². The quantitative estimate of drug-likeness (QED) is 0.757. The maximum Gasteiger partial charge on any atom is 0.410 e. The number of rotatable bonds is 0. The molecule has 3 rings (SSSR count). The number of hydrogen-bond donors (Lipinski definition) is 1. The molecule has 0 aromatic carbocycles. The van der Waals surface area contributed by atoms with Crippen LogP contribution in [0.2, 0.25) is 0 Å². The van der Waals surface area contributed by atoms with E-state index < -0.39 is 5.60 Å². The first-order valence-corrected chi connectivity index (χ1v) is 6.61. The van der Waals surface area contributed by atoms with Gasteiger partial charge in [-0.1, -0.05) is 0 Å². The molecule has 6 heteroatoms. The molecule has 1 spiro atoms. The topological polar surface area (TPSA) is 59.4 Å². The predicted octanol–water partition coefficient (Wildman–Crippen LogP) is 0.932. The second-order valence-electron chi connectivity index (χ2n) is 6.38. The monoisotopic (exact) mass is 264 g/mol. The van der Waals surface area contributed by atoms with E-state index in [-0.39, 0.29) is 11.6 Å². The van der Waals surface area contributed by atoms with Crippen molar-refractivity contribution in [1.29, 1.82) is 0 Å². The van der Waals surface area contributed by atoms with Crippen LogP contribution in [0.15, 0.2) is 12.4 Å². The van der Waals surface area contributed by atoms with E-state index >= 15 is 0 Å². The summed E-state index contributed by atoms with van der Waals surface area (Å²) in [5.74, 6) is 1.04. The number of ether oxygens (including phenoxy) is 1. The van der Waals surface area contributed by atoms with Crippen molar-refractivity contribution < 1.29 is 9.53 Å². The Labute approximate surface area is 112 Å². The average Bonchev–Trinajstić information content (AvgIpc) is 2.70. The van der Waals surface area contributed by atoms with Gasteiger partial charge in [-0.3, -0.25) is 0 Å². The molecule has 0 aliphatic carbocycles. The van der Waals surface area contributed by atoms with Crippen LogP contribution in [-0.2, 0) is 16.8 Å². The minimum Gasteiger partial charge on any atom is -0.444 e. The number of aromatic nitrogens is 2. The highest BCUT2D eigenvalue weighted by Crippen LogP contribution is 2.33. The molecule has 0 radical (unpaired) electrons. The maximum absolute atomic E-state index is 12.0. The van der Waals surface area contributed by atoms with Crippen molar-refractivity contribution >= 4 is 6.09 Å². The Morgan fingerprint density at radius 2 is 2.21 bits per heavy atom. The van der Waals surface area contributed by atoms with Gasteiger partial charge in [0.05, 0.1) is 25.2 Å². The molecule has 1 aromatic heterocycles. The highest BCUT2D eigenvalue weighted by atomic mass is 16.6. The third-order valence-corrected chi connectivity index (χ3v) is 3.59. The molecule has 0 saturated carbocycles. The van der Waals surface area contributed by atoms with Gasteiger partial charge in [0.15, 0.2) is 0 Å². The molecule has 2 aliphatic rings. The van der Waals surface area contributed by atoms with Crippen LogP contribution in [-0.4, -0.2) is 45.8 Å². The van der Waals surface area contributed by atoms with Gasteiger partial charge in [0.25, 0.3) is 0 Å². The van der Waals surface area contributed by atoms with E-state index in [1.807, 2.05) is 33.2 Å². The molecule has 1 fully saturated rings. The molecule has 0 unspecified atom stereocenters. The fourth-order valence-corrected chi connectivity index (χ4v) is 2.77. The first kappa shape index (κ1) is 12.5. The number of hydrogen-bond acceptors (Lipinski definition) is 4. The van der Waals surface area contributed by atoms with Gasteiger partial charge in [0, 0.05) is 18.9 Å². The summed E-state index contributed by atoms with van der Waals surface area (Å²) >= 11 is 0. The molecule has 1 N–H and O–H groups in total. The Balaban J connectivity index is 1.69. The van der Waals surface area contributed by atoms with Crippen LogP contribution in [0.4, 0.5) is 4.79 Å². The highest BCUT2D eigenvalue weighted by Gasteiger charge is 2.49. The Morgan fingerprint density at radius 1 is 1.47 bits per heavy atom. The standard InChI is InChI=1S/C13H20N4O2/c1-12(2,3)19-11(18)16-8-13(9-16)7-14-6-10-15-4-5-17(10)13/h4-5,14H,6-9H2,1-3H3. The molecule has 2 aliphatic heterocycles. The van der Waals surface area contributed by atoms with Gasteiger partial charge in [-0.05, 0) is 20.8 Å². The molecule has 1 amide bonds. The summed E-state index contributed by atoms with van der Waals surface area (Å²) < 4.78 is 7.59. The first-order valence-electron chi connectivity index (χ1n) is 6.61. The molecule has 3 heterocycles. The molecule has 104 valence electrons. The summed E-state index contributed by atoms with van der Waals surface area (Å²) in [4.78, 5) is 18.1. The van der Waals surface area contributed by atoms with Crippen molar-refractivity contribution in [2.75, 3.05) is 19.6 Å². The molecule has 1 aromatic rings. The number of likely N-dealkylation sites (tertiary alicyclic amines) is 1. The van der Waals surface area contributed by atoms with Gasteiger partial charge in [-0.15, -0.1) is 0 Å². The fraction of sp³-hybridized carbons (Fsp3) is 0.692. The van der Waals surface area contributed by atoms with Crippen molar-refractivity contribution in [2.24, 2.45) is 0 Å². The summed E-state index contributed by atoms with van der Waals surface area (Å²) in [6, 6.07) is 0. The molecule has 6 nitrogen and oxygen atoms in total. The molecule has 0 atom stereocenters. The highest BCUT2D eigenvalue weighted by molar-refractivity contribution is 5.69. The zero-order chi connectivity index (χ0) is 13.7. The summed E-state index contributed by atoms with van der Waals surface area (Å²) in [5.41, 5.74) is -0.480. The lowest BCUT2D eigenvalue weighted by atomic mass is 9.88. The number of imidazole rings is 1. The summed E-state index contributed by atoms with van der Waals surface area (Å²) in [7, 11) is 0. The number of nitrogens with zero attached hydrogens (tertiary/aromatic N) is 3. The molecular weight excluding hydrogens is 244 g/mol. The van der Waals surface area contributed by atoms with Gasteiger partial charge in [0.1, 0.15) is 11.4 Å². The Bertz CT molecular complexity index is 497. The molecule has 0 bridgehead atoms. The maximum atomic E-state index is 12.0. The number of nitrogens with one attached hydrogen (secondary N) is 1. The Morgan fingerprint density at radius 3 is 2.89 bits per heavy atom. The van der Waals surface area contributed by atoms with E-state index in [4.69, 9.17) is 4.74 Å². The van der Waals surface area contributed by atoms with Gasteiger partial charge in [0.2, 0.25) is 0 Å². The SMILES string of the molecule is CC(C)(C)OC(=O)N1CC2(CNCc3nccn32)C1. The normalized spacial score (nSPS) is 20.9. The lowest BCUT2D eigenvalue weighted by Gasteiger charge is -2.52. The molecule has 1 saturated heterocycles. The van der Waals surface area contributed by atoms with E-state index in [2.05, 4.69) is 14.9 Å². The summed E-state index contributed by atoms with van der Waals surface area (Å²) in [5, 5.41) is 3.37. The number of carbonyl (C=O) groups is 1. The largest absolute Gasteiger partial charge is 0.444 e. The van der Waals surface area contributed by atoms with Gasteiger partial charge in [-0.25, -0.2) is 9.78 Å². The van der Waals surface area contributed by atoms with Crippen LogP contribution in [0.25, 0.3) is 0 Å². The third kappa shape index (κ3) is 2.10. The predicted molar refractivity (Wildman–Crippen MR) is 69.7 cm³/mol. The van der Waals surface area contributed by atoms with Crippen molar-refractivity contribution in [3.63, 3.8) is 0 Å². The number of carbonyl (C=O) groups excluding carboxylic acids is 1. The molecular formula is C13H20N4O2. The van der Waals surface area contributed by atoms with Crippen molar-refractivity contribution in [3.05, 3.63) is 18.2 Å². The van der Waals surface area contributed by atoms with Crippen LogP contribution < -0.4 is 5.32 Å². The van der Waals surface area contributed by atoms with Crippen molar-refractivity contribution in [2.45, 2.75) is 38.5 Å². The lowest BCUT2D eigenvalue weighted by molar-refractivity contribution is -0.0331. The van der Waals surface area contributed by atoms with Gasteiger partial charge < -0.3 is 19.5 Å². The van der Waals surface area contributed by atoms with Crippen LogP contribution in [0, 0.1) is 0 Å². The van der Waals surface area contributed by atoms with Crippen LogP contribution >= 0.6 is 0 Å². The Kier molecular flexibility index (Phi) is 2.60.